The van der Waals surface area contributed by atoms with Gasteiger partial charge in [-0.25, -0.2) is 4.39 Å². The number of carbonyl (C=O) groups excluding carboxylic acids is 1. The van der Waals surface area contributed by atoms with Gasteiger partial charge in [0.25, 0.3) is 0 Å². The number of nitrogens with two attached hydrogens (primary N) is 1. The quantitative estimate of drug-likeness (QED) is 0.778. The van der Waals surface area contributed by atoms with Gasteiger partial charge >= 0.3 is 0 Å². The number of primary amides is 1. The summed E-state index contributed by atoms with van der Waals surface area (Å²) in [4.78, 5) is 10.8. The number of halogens is 1. The molecule has 3 N–H and O–H groups in total. The highest BCUT2D eigenvalue weighted by Gasteiger charge is 2.17. The van der Waals surface area contributed by atoms with Crippen LogP contribution in [0.2, 0.25) is 0 Å². The van der Waals surface area contributed by atoms with E-state index in [1.807, 2.05) is 0 Å². The van der Waals surface area contributed by atoms with Crippen molar-refractivity contribution in [2.24, 2.45) is 5.73 Å². The fourth-order valence-corrected chi connectivity index (χ4v) is 1.41. The fraction of sp³-hybridized carbons (Fsp3) is 0.364. The molecule has 1 aromatic rings. The molecule has 0 spiro atoms. The zero-order valence-electron chi connectivity index (χ0n) is 8.70. The molecule has 0 saturated carbocycles. The van der Waals surface area contributed by atoms with Gasteiger partial charge in [-0.3, -0.25) is 4.79 Å². The Bertz CT molecular complexity index is 405. The summed E-state index contributed by atoms with van der Waals surface area (Å²) in [7, 11) is 0. The summed E-state index contributed by atoms with van der Waals surface area (Å²) >= 11 is 0. The van der Waals surface area contributed by atoms with Crippen molar-refractivity contribution in [1.82, 2.24) is 5.32 Å². The van der Waals surface area contributed by atoms with Gasteiger partial charge < -0.3 is 15.8 Å². The maximum atomic E-state index is 13.5. The highest BCUT2D eigenvalue weighted by Crippen LogP contribution is 2.13. The van der Waals surface area contributed by atoms with Crippen molar-refractivity contribution in [1.29, 1.82) is 0 Å². The normalized spacial score (nSPS) is 15.8. The van der Waals surface area contributed by atoms with E-state index in [9.17, 15) is 9.18 Å². The zero-order chi connectivity index (χ0) is 11.5. The van der Waals surface area contributed by atoms with Crippen LogP contribution < -0.4 is 11.1 Å². The SMILES string of the molecule is NC(=O)c1ccc(COC2CNC2)c(F)c1. The number of carbonyl (C=O) groups is 1. The molecular weight excluding hydrogens is 211 g/mol. The Kier molecular flexibility index (Phi) is 3.17. The van der Waals surface area contributed by atoms with Crippen LogP contribution in [0.5, 0.6) is 0 Å². The van der Waals surface area contributed by atoms with Gasteiger partial charge in [-0.15, -0.1) is 0 Å². The van der Waals surface area contributed by atoms with Crippen LogP contribution in [0.1, 0.15) is 15.9 Å². The van der Waals surface area contributed by atoms with Gasteiger partial charge in [-0.1, -0.05) is 6.07 Å². The van der Waals surface area contributed by atoms with Crippen LogP contribution in [0.4, 0.5) is 4.39 Å². The van der Waals surface area contributed by atoms with Gasteiger partial charge in [0.15, 0.2) is 0 Å². The second-order valence-corrected chi connectivity index (χ2v) is 3.76. The first-order valence-electron chi connectivity index (χ1n) is 5.07. The van der Waals surface area contributed by atoms with Crippen LogP contribution in [0, 0.1) is 5.82 Å². The van der Waals surface area contributed by atoms with Gasteiger partial charge in [-0.2, -0.15) is 0 Å². The molecule has 1 saturated heterocycles. The fourth-order valence-electron chi connectivity index (χ4n) is 1.41. The van der Waals surface area contributed by atoms with E-state index >= 15 is 0 Å². The Morgan fingerprint density at radius 2 is 2.31 bits per heavy atom. The Hall–Kier alpha value is -1.46. The molecule has 1 heterocycles. The maximum absolute atomic E-state index is 13.5. The summed E-state index contributed by atoms with van der Waals surface area (Å²) in [5, 5.41) is 3.06. The molecule has 0 atom stereocenters. The van der Waals surface area contributed by atoms with Gasteiger partial charge in [0, 0.05) is 24.2 Å². The lowest BCUT2D eigenvalue weighted by molar-refractivity contribution is 0.00637. The maximum Gasteiger partial charge on any atom is 0.248 e. The minimum atomic E-state index is -0.630. The Morgan fingerprint density at radius 1 is 1.56 bits per heavy atom. The molecule has 0 aromatic heterocycles. The minimum absolute atomic E-state index is 0.162. The number of rotatable bonds is 4. The third-order valence-electron chi connectivity index (χ3n) is 2.56. The standard InChI is InChI=1S/C11H13FN2O2/c12-10-3-7(11(13)15)1-2-8(10)6-16-9-4-14-5-9/h1-3,9,14H,4-6H2,(H2,13,15). The van der Waals surface area contributed by atoms with E-state index in [-0.39, 0.29) is 18.3 Å². The molecule has 0 bridgehead atoms. The molecule has 1 amide bonds. The Balaban J connectivity index is 2.00. The minimum Gasteiger partial charge on any atom is -0.371 e. The lowest BCUT2D eigenvalue weighted by Gasteiger charge is -2.27. The van der Waals surface area contributed by atoms with Crippen LogP contribution in [0.25, 0.3) is 0 Å². The van der Waals surface area contributed by atoms with E-state index in [0.717, 1.165) is 19.2 Å². The number of hydrogen-bond acceptors (Lipinski definition) is 3. The van der Waals surface area contributed by atoms with Crippen LogP contribution in [0.15, 0.2) is 18.2 Å². The molecular formula is C11H13FN2O2. The monoisotopic (exact) mass is 224 g/mol. The van der Waals surface area contributed by atoms with Gasteiger partial charge in [0.1, 0.15) is 5.82 Å². The number of benzene rings is 1. The first-order chi connectivity index (χ1) is 7.66. The molecule has 5 heteroatoms. The molecule has 1 aliphatic rings. The van der Waals surface area contributed by atoms with E-state index in [1.165, 1.54) is 12.1 Å². The van der Waals surface area contributed by atoms with Crippen LogP contribution in [-0.4, -0.2) is 25.1 Å². The van der Waals surface area contributed by atoms with Crippen molar-refractivity contribution < 1.29 is 13.9 Å². The first-order valence-corrected chi connectivity index (χ1v) is 5.07. The summed E-state index contributed by atoms with van der Waals surface area (Å²) in [6.45, 7) is 1.83. The van der Waals surface area contributed by atoms with Gasteiger partial charge in [-0.05, 0) is 12.1 Å². The van der Waals surface area contributed by atoms with Crippen LogP contribution >= 0.6 is 0 Å². The predicted molar refractivity (Wildman–Crippen MR) is 56.4 cm³/mol. The molecule has 0 radical (unpaired) electrons. The van der Waals surface area contributed by atoms with E-state index < -0.39 is 11.7 Å². The molecule has 0 aliphatic carbocycles. The van der Waals surface area contributed by atoms with E-state index in [2.05, 4.69) is 5.32 Å². The summed E-state index contributed by atoms with van der Waals surface area (Å²) < 4.78 is 18.9. The summed E-state index contributed by atoms with van der Waals surface area (Å²) in [6, 6.07) is 4.17. The van der Waals surface area contributed by atoms with Crippen molar-refractivity contribution >= 4 is 5.91 Å². The van der Waals surface area contributed by atoms with Crippen molar-refractivity contribution in [2.45, 2.75) is 12.7 Å². The average molecular weight is 224 g/mol. The predicted octanol–water partition coefficient (Wildman–Crippen LogP) is 0.413. The second kappa shape index (κ2) is 4.59. The number of amides is 1. The first kappa shape index (κ1) is 11.0. The number of ether oxygens (including phenoxy) is 1. The molecule has 16 heavy (non-hydrogen) atoms. The molecule has 4 nitrogen and oxygen atoms in total. The third-order valence-corrected chi connectivity index (χ3v) is 2.56. The summed E-state index contributed by atoms with van der Waals surface area (Å²) in [5.41, 5.74) is 5.65. The topological polar surface area (TPSA) is 64.4 Å². The summed E-state index contributed by atoms with van der Waals surface area (Å²) in [5.74, 6) is -1.09. The highest BCUT2D eigenvalue weighted by molar-refractivity contribution is 5.92. The van der Waals surface area contributed by atoms with Crippen LogP contribution in [0.3, 0.4) is 0 Å². The van der Waals surface area contributed by atoms with E-state index in [1.54, 1.807) is 0 Å². The molecule has 1 fully saturated rings. The molecule has 0 unspecified atom stereocenters. The Labute approximate surface area is 92.6 Å². The number of nitrogens with one attached hydrogen (secondary N) is 1. The second-order valence-electron chi connectivity index (χ2n) is 3.76. The van der Waals surface area contributed by atoms with E-state index in [4.69, 9.17) is 10.5 Å². The highest BCUT2D eigenvalue weighted by atomic mass is 19.1. The smallest absolute Gasteiger partial charge is 0.248 e. The van der Waals surface area contributed by atoms with Crippen molar-refractivity contribution in [2.75, 3.05) is 13.1 Å². The zero-order valence-corrected chi connectivity index (χ0v) is 8.70. The molecule has 1 aliphatic heterocycles. The van der Waals surface area contributed by atoms with Crippen molar-refractivity contribution in [3.63, 3.8) is 0 Å². The molecule has 86 valence electrons. The lowest BCUT2D eigenvalue weighted by Crippen LogP contribution is -2.48. The summed E-state index contributed by atoms with van der Waals surface area (Å²) in [6.07, 6.45) is 0.162. The average Bonchev–Trinajstić information content (AvgIpc) is 2.17. The van der Waals surface area contributed by atoms with Crippen molar-refractivity contribution in [3.8, 4) is 0 Å². The van der Waals surface area contributed by atoms with Gasteiger partial charge in [0.05, 0.1) is 12.7 Å². The largest absolute Gasteiger partial charge is 0.371 e. The Morgan fingerprint density at radius 3 is 2.81 bits per heavy atom. The third kappa shape index (κ3) is 2.37. The number of hydrogen-bond donors (Lipinski definition) is 2. The van der Waals surface area contributed by atoms with Crippen molar-refractivity contribution in [3.05, 3.63) is 35.1 Å². The lowest BCUT2D eigenvalue weighted by atomic mass is 10.1. The van der Waals surface area contributed by atoms with Gasteiger partial charge in [0.2, 0.25) is 5.91 Å². The van der Waals surface area contributed by atoms with Crippen LogP contribution in [-0.2, 0) is 11.3 Å². The molecule has 2 rings (SSSR count). The van der Waals surface area contributed by atoms with E-state index in [0.29, 0.717) is 5.56 Å². The molecule has 1 aromatic carbocycles.